The minimum Gasteiger partial charge on any atom is -0.477 e. The van der Waals surface area contributed by atoms with Crippen LogP contribution in [0.5, 0.6) is 5.88 Å². The van der Waals surface area contributed by atoms with Crippen LogP contribution in [0.3, 0.4) is 0 Å². The Kier molecular flexibility index (Phi) is 2.89. The fourth-order valence-corrected chi connectivity index (χ4v) is 0.957. The van der Waals surface area contributed by atoms with E-state index >= 15 is 0 Å². The number of rotatable bonds is 2. The van der Waals surface area contributed by atoms with E-state index in [1.165, 1.54) is 6.20 Å². The number of nitriles is 1. The molecular weight excluding hydrogens is 176 g/mol. The first kappa shape index (κ1) is 8.82. The molecule has 1 heterocycles. The Morgan fingerprint density at radius 2 is 2.50 bits per heavy atom. The molecule has 0 atom stereocenters. The molecule has 0 amide bonds. The highest BCUT2D eigenvalue weighted by Crippen LogP contribution is 2.24. The Morgan fingerprint density at radius 3 is 3.08 bits per heavy atom. The van der Waals surface area contributed by atoms with Crippen LogP contribution in [0.2, 0.25) is 5.02 Å². The molecule has 1 rings (SSSR count). The third kappa shape index (κ3) is 1.66. The molecule has 0 spiro atoms. The first-order valence-electron chi connectivity index (χ1n) is 3.47. The Balaban J connectivity index is 3.07. The maximum absolute atomic E-state index is 8.59. The molecule has 0 aliphatic rings. The predicted molar refractivity (Wildman–Crippen MR) is 45.1 cm³/mol. The van der Waals surface area contributed by atoms with Gasteiger partial charge in [0.15, 0.2) is 0 Å². The van der Waals surface area contributed by atoms with Crippen LogP contribution >= 0.6 is 11.6 Å². The smallest absolute Gasteiger partial charge is 0.233 e. The van der Waals surface area contributed by atoms with Crippen LogP contribution in [0.4, 0.5) is 0 Å². The molecule has 0 saturated heterocycles. The van der Waals surface area contributed by atoms with E-state index in [0.29, 0.717) is 18.1 Å². The molecule has 0 radical (unpaired) electrons. The van der Waals surface area contributed by atoms with Gasteiger partial charge in [-0.15, -0.1) is 0 Å². The zero-order valence-corrected chi connectivity index (χ0v) is 7.30. The highest BCUT2D eigenvalue weighted by Gasteiger charge is 2.06. The molecule has 0 unspecified atom stereocenters. The van der Waals surface area contributed by atoms with Crippen molar-refractivity contribution in [3.63, 3.8) is 0 Å². The molecule has 0 N–H and O–H groups in total. The number of aromatic nitrogens is 1. The monoisotopic (exact) mass is 182 g/mol. The summed E-state index contributed by atoms with van der Waals surface area (Å²) in [6.07, 6.45) is 1.50. The fourth-order valence-electron chi connectivity index (χ4n) is 0.748. The SMILES string of the molecule is CCOc1nccc(C#N)c1Cl. The first-order valence-corrected chi connectivity index (χ1v) is 3.84. The number of ether oxygens (including phenoxy) is 1. The van der Waals surface area contributed by atoms with Gasteiger partial charge in [-0.25, -0.2) is 4.98 Å². The van der Waals surface area contributed by atoms with Gasteiger partial charge < -0.3 is 4.74 Å². The molecular formula is C8H7ClN2O. The standard InChI is InChI=1S/C8H7ClN2O/c1-2-12-8-7(9)6(5-10)3-4-11-8/h3-4H,2H2,1H3. The number of nitrogens with zero attached hydrogens (tertiary/aromatic N) is 2. The summed E-state index contributed by atoms with van der Waals surface area (Å²) >= 11 is 5.78. The molecule has 1 aromatic rings. The summed E-state index contributed by atoms with van der Waals surface area (Å²) in [6, 6.07) is 3.49. The maximum Gasteiger partial charge on any atom is 0.233 e. The van der Waals surface area contributed by atoms with Crippen molar-refractivity contribution in [1.82, 2.24) is 4.98 Å². The molecule has 4 heteroatoms. The largest absolute Gasteiger partial charge is 0.477 e. The Hall–Kier alpha value is -1.27. The van der Waals surface area contributed by atoms with Crippen molar-refractivity contribution in [2.75, 3.05) is 6.61 Å². The van der Waals surface area contributed by atoms with Gasteiger partial charge in [0.1, 0.15) is 11.1 Å². The maximum atomic E-state index is 8.59. The molecule has 3 nitrogen and oxygen atoms in total. The fraction of sp³-hybridized carbons (Fsp3) is 0.250. The molecule has 0 saturated carbocycles. The summed E-state index contributed by atoms with van der Waals surface area (Å²) in [6.45, 7) is 2.32. The number of hydrogen-bond acceptors (Lipinski definition) is 3. The van der Waals surface area contributed by atoms with Gasteiger partial charge in [-0.05, 0) is 13.0 Å². The average Bonchev–Trinajstić information content (AvgIpc) is 2.09. The van der Waals surface area contributed by atoms with Gasteiger partial charge in [0.2, 0.25) is 5.88 Å². The van der Waals surface area contributed by atoms with Crippen LogP contribution in [-0.2, 0) is 0 Å². The predicted octanol–water partition coefficient (Wildman–Crippen LogP) is 2.01. The van der Waals surface area contributed by atoms with Gasteiger partial charge in [-0.2, -0.15) is 5.26 Å². The summed E-state index contributed by atoms with van der Waals surface area (Å²) < 4.78 is 5.08. The van der Waals surface area contributed by atoms with Gasteiger partial charge in [-0.3, -0.25) is 0 Å². The number of halogens is 1. The molecule has 0 aliphatic heterocycles. The zero-order valence-electron chi connectivity index (χ0n) is 6.54. The van der Waals surface area contributed by atoms with Gasteiger partial charge >= 0.3 is 0 Å². The lowest BCUT2D eigenvalue weighted by Crippen LogP contribution is -1.95. The van der Waals surface area contributed by atoms with Crippen LogP contribution < -0.4 is 4.74 Å². The number of hydrogen-bond donors (Lipinski definition) is 0. The summed E-state index contributed by atoms with van der Waals surface area (Å²) in [5, 5.41) is 8.87. The van der Waals surface area contributed by atoms with E-state index in [9.17, 15) is 0 Å². The molecule has 1 aromatic heterocycles. The topological polar surface area (TPSA) is 45.9 Å². The quantitative estimate of drug-likeness (QED) is 0.703. The van der Waals surface area contributed by atoms with Crippen molar-refractivity contribution in [2.24, 2.45) is 0 Å². The lowest BCUT2D eigenvalue weighted by Gasteiger charge is -2.03. The van der Waals surface area contributed by atoms with E-state index in [1.807, 2.05) is 13.0 Å². The van der Waals surface area contributed by atoms with Crippen LogP contribution in [0.25, 0.3) is 0 Å². The van der Waals surface area contributed by atoms with E-state index in [-0.39, 0.29) is 5.02 Å². The van der Waals surface area contributed by atoms with E-state index in [4.69, 9.17) is 21.6 Å². The van der Waals surface area contributed by atoms with E-state index < -0.39 is 0 Å². The summed E-state index contributed by atoms with van der Waals surface area (Å²) in [4.78, 5) is 3.87. The van der Waals surface area contributed by atoms with Gasteiger partial charge in [0.05, 0.1) is 12.2 Å². The highest BCUT2D eigenvalue weighted by atomic mass is 35.5. The second kappa shape index (κ2) is 3.93. The van der Waals surface area contributed by atoms with Gasteiger partial charge in [0, 0.05) is 6.20 Å². The van der Waals surface area contributed by atoms with Crippen molar-refractivity contribution >= 4 is 11.6 Å². The van der Waals surface area contributed by atoms with E-state index in [2.05, 4.69) is 4.98 Å². The second-order valence-corrected chi connectivity index (χ2v) is 2.40. The van der Waals surface area contributed by atoms with Gasteiger partial charge in [0.25, 0.3) is 0 Å². The Bertz CT molecular complexity index is 319. The lowest BCUT2D eigenvalue weighted by atomic mass is 10.3. The van der Waals surface area contributed by atoms with Crippen molar-refractivity contribution in [1.29, 1.82) is 5.26 Å². The molecule has 0 aliphatic carbocycles. The van der Waals surface area contributed by atoms with Crippen LogP contribution in [0.15, 0.2) is 12.3 Å². The van der Waals surface area contributed by atoms with E-state index in [0.717, 1.165) is 0 Å². The first-order chi connectivity index (χ1) is 5.79. The molecule has 12 heavy (non-hydrogen) atoms. The molecule has 62 valence electrons. The van der Waals surface area contributed by atoms with Crippen molar-refractivity contribution in [3.05, 3.63) is 22.8 Å². The summed E-state index contributed by atoms with van der Waals surface area (Å²) in [5.41, 5.74) is 0.384. The zero-order chi connectivity index (χ0) is 8.97. The van der Waals surface area contributed by atoms with Crippen LogP contribution in [0, 0.1) is 11.3 Å². The third-order valence-corrected chi connectivity index (χ3v) is 1.62. The van der Waals surface area contributed by atoms with Crippen molar-refractivity contribution in [2.45, 2.75) is 6.92 Å². The lowest BCUT2D eigenvalue weighted by molar-refractivity contribution is 0.327. The Labute approximate surface area is 75.6 Å². The number of pyridine rings is 1. The molecule has 0 bridgehead atoms. The van der Waals surface area contributed by atoms with Crippen LogP contribution in [-0.4, -0.2) is 11.6 Å². The average molecular weight is 183 g/mol. The molecule has 0 fully saturated rings. The van der Waals surface area contributed by atoms with E-state index in [1.54, 1.807) is 6.07 Å². The highest BCUT2D eigenvalue weighted by molar-refractivity contribution is 6.32. The molecule has 0 aromatic carbocycles. The van der Waals surface area contributed by atoms with Gasteiger partial charge in [-0.1, -0.05) is 11.6 Å². The van der Waals surface area contributed by atoms with Crippen molar-refractivity contribution in [3.8, 4) is 11.9 Å². The van der Waals surface area contributed by atoms with Crippen molar-refractivity contribution < 1.29 is 4.74 Å². The third-order valence-electron chi connectivity index (χ3n) is 1.26. The summed E-state index contributed by atoms with van der Waals surface area (Å²) in [7, 11) is 0. The minimum absolute atomic E-state index is 0.279. The normalized spacial score (nSPS) is 9.08. The Morgan fingerprint density at radius 1 is 1.75 bits per heavy atom. The minimum atomic E-state index is 0.279. The summed E-state index contributed by atoms with van der Waals surface area (Å²) in [5.74, 6) is 0.318. The van der Waals surface area contributed by atoms with Crippen LogP contribution in [0.1, 0.15) is 12.5 Å². The second-order valence-electron chi connectivity index (χ2n) is 2.02.